The molecule has 0 aliphatic heterocycles. The van der Waals surface area contributed by atoms with Gasteiger partial charge in [-0.3, -0.25) is 0 Å². The van der Waals surface area contributed by atoms with E-state index in [4.69, 9.17) is 10.8 Å². The van der Waals surface area contributed by atoms with Crippen molar-refractivity contribution in [1.82, 2.24) is 0 Å². The van der Waals surface area contributed by atoms with Gasteiger partial charge in [0, 0.05) is 0 Å². The van der Waals surface area contributed by atoms with Crippen molar-refractivity contribution in [1.29, 1.82) is 0 Å². The molecule has 0 saturated heterocycles. The van der Waals surface area contributed by atoms with Gasteiger partial charge >= 0.3 is 0 Å². The van der Waals surface area contributed by atoms with E-state index in [0.29, 0.717) is 11.1 Å². The third-order valence-corrected chi connectivity index (χ3v) is 2.25. The minimum atomic E-state index is -0.492. The van der Waals surface area contributed by atoms with E-state index in [1.165, 1.54) is 6.07 Å². The van der Waals surface area contributed by atoms with Gasteiger partial charge in [-0.1, -0.05) is 6.07 Å². The fourth-order valence-corrected chi connectivity index (χ4v) is 1.16. The molecule has 0 aliphatic rings. The van der Waals surface area contributed by atoms with Crippen LogP contribution in [0.4, 0.5) is 4.39 Å². The molecule has 1 rings (SSSR count). The summed E-state index contributed by atoms with van der Waals surface area (Å²) < 4.78 is 13.2. The van der Waals surface area contributed by atoms with E-state index < -0.39 is 6.04 Å². The molecule has 1 aromatic carbocycles. The van der Waals surface area contributed by atoms with Gasteiger partial charge in [-0.05, 0) is 36.6 Å². The molecule has 3 N–H and O–H groups in total. The van der Waals surface area contributed by atoms with E-state index in [9.17, 15) is 4.39 Å². The Kier molecular flexibility index (Phi) is 3.01. The predicted octanol–water partition coefficient (Wildman–Crippen LogP) is 1.43. The van der Waals surface area contributed by atoms with Crippen LogP contribution in [0.1, 0.15) is 22.7 Å². The first-order valence-electron chi connectivity index (χ1n) is 4.19. The van der Waals surface area contributed by atoms with Gasteiger partial charge in [0.15, 0.2) is 0 Å². The predicted molar refractivity (Wildman–Crippen MR) is 49.9 cm³/mol. The molecule has 0 heterocycles. The molecule has 3 heteroatoms. The van der Waals surface area contributed by atoms with Gasteiger partial charge in [0.05, 0.1) is 12.6 Å². The van der Waals surface area contributed by atoms with Crippen LogP contribution < -0.4 is 5.73 Å². The second kappa shape index (κ2) is 3.85. The second-order valence-electron chi connectivity index (χ2n) is 3.23. The van der Waals surface area contributed by atoms with Crippen molar-refractivity contribution in [2.45, 2.75) is 19.9 Å². The van der Waals surface area contributed by atoms with Gasteiger partial charge in [-0.15, -0.1) is 0 Å². The van der Waals surface area contributed by atoms with Crippen molar-refractivity contribution in [2.24, 2.45) is 5.73 Å². The highest BCUT2D eigenvalue weighted by molar-refractivity contribution is 5.33. The average molecular weight is 183 g/mol. The topological polar surface area (TPSA) is 46.2 Å². The van der Waals surface area contributed by atoms with Gasteiger partial charge in [-0.25, -0.2) is 4.39 Å². The summed E-state index contributed by atoms with van der Waals surface area (Å²) in [5.74, 6) is -0.265. The Morgan fingerprint density at radius 2 is 2.08 bits per heavy atom. The highest BCUT2D eigenvalue weighted by atomic mass is 19.1. The van der Waals surface area contributed by atoms with Gasteiger partial charge in [-0.2, -0.15) is 0 Å². The largest absolute Gasteiger partial charge is 0.394 e. The van der Waals surface area contributed by atoms with Crippen LogP contribution in [0.15, 0.2) is 12.1 Å². The number of aliphatic hydroxyl groups excluding tert-OH is 1. The molecule has 0 spiro atoms. The summed E-state index contributed by atoms with van der Waals surface area (Å²) in [5.41, 5.74) is 7.70. The van der Waals surface area contributed by atoms with E-state index in [0.717, 1.165) is 5.56 Å². The molecule has 0 aromatic heterocycles. The Hall–Kier alpha value is -0.930. The molecular weight excluding hydrogens is 169 g/mol. The smallest absolute Gasteiger partial charge is 0.126 e. The van der Waals surface area contributed by atoms with Crippen molar-refractivity contribution in [3.8, 4) is 0 Å². The van der Waals surface area contributed by atoms with Crippen molar-refractivity contribution in [2.75, 3.05) is 6.61 Å². The summed E-state index contributed by atoms with van der Waals surface area (Å²) in [6, 6.07) is 2.69. The fourth-order valence-electron chi connectivity index (χ4n) is 1.16. The van der Waals surface area contributed by atoms with Crippen LogP contribution in [-0.2, 0) is 0 Å². The molecule has 0 aliphatic carbocycles. The summed E-state index contributed by atoms with van der Waals surface area (Å²) in [5, 5.41) is 8.79. The molecule has 13 heavy (non-hydrogen) atoms. The molecule has 0 amide bonds. The summed E-state index contributed by atoms with van der Waals surface area (Å²) in [6.07, 6.45) is 0. The number of nitrogens with two attached hydrogens (primary N) is 1. The van der Waals surface area contributed by atoms with E-state index in [1.807, 2.05) is 6.92 Å². The summed E-state index contributed by atoms with van der Waals surface area (Å²) in [4.78, 5) is 0. The molecule has 0 fully saturated rings. The highest BCUT2D eigenvalue weighted by Gasteiger charge is 2.08. The van der Waals surface area contributed by atoms with Crippen molar-refractivity contribution in [3.63, 3.8) is 0 Å². The maximum absolute atomic E-state index is 13.2. The molecule has 0 bridgehead atoms. The lowest BCUT2D eigenvalue weighted by Crippen LogP contribution is -2.15. The first-order chi connectivity index (χ1) is 6.06. The number of halogens is 1. The Morgan fingerprint density at radius 1 is 1.46 bits per heavy atom. The lowest BCUT2D eigenvalue weighted by Gasteiger charge is -2.11. The second-order valence-corrected chi connectivity index (χ2v) is 3.23. The van der Waals surface area contributed by atoms with Crippen molar-refractivity contribution in [3.05, 3.63) is 34.6 Å². The van der Waals surface area contributed by atoms with E-state index >= 15 is 0 Å². The van der Waals surface area contributed by atoms with Crippen LogP contribution in [0.2, 0.25) is 0 Å². The quantitative estimate of drug-likeness (QED) is 0.728. The normalized spacial score (nSPS) is 13.0. The summed E-state index contributed by atoms with van der Waals surface area (Å²) in [6.45, 7) is 3.38. The zero-order chi connectivity index (χ0) is 10.0. The van der Waals surface area contributed by atoms with Crippen LogP contribution in [0.3, 0.4) is 0 Å². The lowest BCUT2D eigenvalue weighted by molar-refractivity contribution is 0.267. The Balaban J connectivity index is 3.13. The zero-order valence-electron chi connectivity index (χ0n) is 7.84. The summed E-state index contributed by atoms with van der Waals surface area (Å²) >= 11 is 0. The SMILES string of the molecule is Cc1cc(C(N)CO)cc(F)c1C. The van der Waals surface area contributed by atoms with Crippen molar-refractivity contribution >= 4 is 0 Å². The molecule has 72 valence electrons. The van der Waals surface area contributed by atoms with Gasteiger partial charge < -0.3 is 10.8 Å². The fraction of sp³-hybridized carbons (Fsp3) is 0.400. The molecule has 0 radical (unpaired) electrons. The zero-order valence-corrected chi connectivity index (χ0v) is 7.84. The molecule has 1 aromatic rings. The van der Waals surface area contributed by atoms with Crippen LogP contribution in [-0.4, -0.2) is 11.7 Å². The maximum Gasteiger partial charge on any atom is 0.126 e. The third kappa shape index (κ3) is 2.05. The average Bonchev–Trinajstić information content (AvgIpc) is 2.12. The minimum absolute atomic E-state index is 0.165. The van der Waals surface area contributed by atoms with Gasteiger partial charge in [0.1, 0.15) is 5.82 Å². The van der Waals surface area contributed by atoms with E-state index in [-0.39, 0.29) is 12.4 Å². The minimum Gasteiger partial charge on any atom is -0.394 e. The number of aryl methyl sites for hydroxylation is 1. The molecule has 1 unspecified atom stereocenters. The third-order valence-electron chi connectivity index (χ3n) is 2.25. The first kappa shape index (κ1) is 10.2. The number of rotatable bonds is 2. The van der Waals surface area contributed by atoms with Crippen LogP contribution in [0.5, 0.6) is 0 Å². The molecule has 2 nitrogen and oxygen atoms in total. The standard InChI is InChI=1S/C10H14FNO/c1-6-3-8(10(12)5-13)4-9(11)7(6)2/h3-4,10,13H,5,12H2,1-2H3. The molecular formula is C10H14FNO. The Bertz CT molecular complexity index is 289. The number of benzene rings is 1. The van der Waals surface area contributed by atoms with Crippen LogP contribution in [0.25, 0.3) is 0 Å². The number of aliphatic hydroxyl groups is 1. The lowest BCUT2D eigenvalue weighted by atomic mass is 10.0. The number of hydrogen-bond donors (Lipinski definition) is 2. The van der Waals surface area contributed by atoms with Crippen LogP contribution in [0, 0.1) is 19.7 Å². The maximum atomic E-state index is 13.2. The monoisotopic (exact) mass is 183 g/mol. The first-order valence-corrected chi connectivity index (χ1v) is 4.19. The Labute approximate surface area is 77.2 Å². The van der Waals surface area contributed by atoms with E-state index in [2.05, 4.69) is 0 Å². The van der Waals surface area contributed by atoms with Gasteiger partial charge in [0.2, 0.25) is 0 Å². The van der Waals surface area contributed by atoms with E-state index in [1.54, 1.807) is 13.0 Å². The Morgan fingerprint density at radius 3 is 2.54 bits per heavy atom. The van der Waals surface area contributed by atoms with Gasteiger partial charge in [0.25, 0.3) is 0 Å². The number of hydrogen-bond acceptors (Lipinski definition) is 2. The van der Waals surface area contributed by atoms with Crippen LogP contribution >= 0.6 is 0 Å². The summed E-state index contributed by atoms with van der Waals surface area (Å²) in [7, 11) is 0. The molecule has 0 saturated carbocycles. The highest BCUT2D eigenvalue weighted by Crippen LogP contribution is 2.18. The van der Waals surface area contributed by atoms with Crippen molar-refractivity contribution < 1.29 is 9.50 Å². The molecule has 1 atom stereocenters.